The first-order chi connectivity index (χ1) is 13.1. The Labute approximate surface area is 165 Å². The molecule has 27 heavy (non-hydrogen) atoms. The van der Waals surface area contributed by atoms with Crippen LogP contribution in [0.4, 0.5) is 0 Å². The van der Waals surface area contributed by atoms with E-state index >= 15 is 0 Å². The first-order valence-corrected chi connectivity index (χ1v) is 12.0. The molecule has 0 amide bonds. The average molecular weight is 388 g/mol. The molecule has 0 N–H and O–H groups in total. The molecule has 0 unspecified atom stereocenters. The number of aromatic nitrogens is 1. The predicted octanol–water partition coefficient (Wildman–Crippen LogP) is 6.44. The lowest BCUT2D eigenvalue weighted by Gasteiger charge is -2.06. The summed E-state index contributed by atoms with van der Waals surface area (Å²) in [7, 11) is -3.19. The van der Waals surface area contributed by atoms with Gasteiger partial charge >= 0.3 is 0 Å². The Bertz CT molecular complexity index is 740. The van der Waals surface area contributed by atoms with Crippen molar-refractivity contribution >= 4 is 9.84 Å². The maximum absolute atomic E-state index is 12.5. The fraction of sp³-hybridized carbons (Fsp3) is 0.522. The van der Waals surface area contributed by atoms with Gasteiger partial charge in [0, 0.05) is 11.8 Å². The quantitative estimate of drug-likeness (QED) is 0.371. The fourth-order valence-electron chi connectivity index (χ4n) is 3.26. The Kier molecular flexibility index (Phi) is 9.54. The maximum atomic E-state index is 12.5. The average Bonchev–Trinajstić information content (AvgIpc) is 2.70. The largest absolute Gasteiger partial charge is 0.256 e. The highest BCUT2D eigenvalue weighted by atomic mass is 32.2. The Morgan fingerprint density at radius 2 is 1.33 bits per heavy atom. The molecular weight excluding hydrogens is 354 g/mol. The lowest BCUT2D eigenvalue weighted by atomic mass is 10.1. The number of hydrogen-bond acceptors (Lipinski definition) is 3. The molecule has 0 aliphatic carbocycles. The van der Waals surface area contributed by atoms with Crippen LogP contribution in [-0.2, 0) is 9.84 Å². The summed E-state index contributed by atoms with van der Waals surface area (Å²) in [5.74, 6) is 0.242. The van der Waals surface area contributed by atoms with Gasteiger partial charge in [0.25, 0.3) is 0 Å². The van der Waals surface area contributed by atoms with E-state index in [1.165, 1.54) is 44.9 Å². The second-order valence-electron chi connectivity index (χ2n) is 7.24. The number of benzene rings is 1. The SMILES string of the molecule is CCCCCCCCCCCCS(=O)(=O)c1ccc(-c2ccccn2)cc1. The van der Waals surface area contributed by atoms with Gasteiger partial charge in [0.05, 0.1) is 16.3 Å². The molecular formula is C23H33NO2S. The molecule has 0 radical (unpaired) electrons. The molecule has 2 aromatic rings. The lowest BCUT2D eigenvalue weighted by Crippen LogP contribution is -2.06. The smallest absolute Gasteiger partial charge is 0.178 e. The molecule has 148 valence electrons. The van der Waals surface area contributed by atoms with E-state index in [0.717, 1.165) is 30.5 Å². The van der Waals surface area contributed by atoms with Crippen molar-refractivity contribution in [3.05, 3.63) is 48.7 Å². The van der Waals surface area contributed by atoms with Crippen molar-refractivity contribution in [2.45, 2.75) is 76.0 Å². The summed E-state index contributed by atoms with van der Waals surface area (Å²) in [6.45, 7) is 2.24. The van der Waals surface area contributed by atoms with Crippen LogP contribution in [-0.4, -0.2) is 19.2 Å². The van der Waals surface area contributed by atoms with Crippen molar-refractivity contribution in [3.63, 3.8) is 0 Å². The van der Waals surface area contributed by atoms with Crippen LogP contribution in [0.2, 0.25) is 0 Å². The van der Waals surface area contributed by atoms with Gasteiger partial charge in [-0.15, -0.1) is 0 Å². The topological polar surface area (TPSA) is 47.0 Å². The third-order valence-corrected chi connectivity index (χ3v) is 6.76. The van der Waals surface area contributed by atoms with Gasteiger partial charge in [-0.05, 0) is 30.7 Å². The summed E-state index contributed by atoms with van der Waals surface area (Å²) >= 11 is 0. The summed E-state index contributed by atoms with van der Waals surface area (Å²) in [5, 5.41) is 0. The molecule has 2 rings (SSSR count). The number of pyridine rings is 1. The molecule has 0 aliphatic heterocycles. The highest BCUT2D eigenvalue weighted by molar-refractivity contribution is 7.91. The molecule has 1 aromatic heterocycles. The van der Waals surface area contributed by atoms with Gasteiger partial charge in [-0.25, -0.2) is 8.42 Å². The minimum atomic E-state index is -3.19. The Morgan fingerprint density at radius 3 is 1.89 bits per heavy atom. The molecule has 0 spiro atoms. The van der Waals surface area contributed by atoms with Crippen molar-refractivity contribution in [2.24, 2.45) is 0 Å². The Morgan fingerprint density at radius 1 is 0.741 bits per heavy atom. The zero-order valence-corrected chi connectivity index (χ0v) is 17.4. The first kappa shape index (κ1) is 21.6. The van der Waals surface area contributed by atoms with Crippen LogP contribution in [0.5, 0.6) is 0 Å². The van der Waals surface area contributed by atoms with Crippen LogP contribution in [0.1, 0.15) is 71.1 Å². The number of nitrogens with zero attached hydrogens (tertiary/aromatic N) is 1. The summed E-state index contributed by atoms with van der Waals surface area (Å²) in [6.07, 6.45) is 13.8. The Balaban J connectivity index is 1.69. The fourth-order valence-corrected chi connectivity index (χ4v) is 4.63. The lowest BCUT2D eigenvalue weighted by molar-refractivity contribution is 0.558. The van der Waals surface area contributed by atoms with Crippen LogP contribution in [0, 0.1) is 0 Å². The monoisotopic (exact) mass is 387 g/mol. The third kappa shape index (κ3) is 7.84. The summed E-state index contributed by atoms with van der Waals surface area (Å²) in [5.41, 5.74) is 1.80. The van der Waals surface area contributed by atoms with Gasteiger partial charge in [-0.3, -0.25) is 4.98 Å². The Hall–Kier alpha value is -1.68. The molecule has 3 nitrogen and oxygen atoms in total. The maximum Gasteiger partial charge on any atom is 0.178 e. The van der Waals surface area contributed by atoms with E-state index in [-0.39, 0.29) is 5.75 Å². The standard InChI is InChI=1S/C23H33NO2S/c1-2-3-4-5-6-7-8-9-10-13-20-27(25,26)22-17-15-21(16-18-22)23-14-11-12-19-24-23/h11-12,14-19H,2-10,13,20H2,1H3. The van der Waals surface area contributed by atoms with E-state index in [0.29, 0.717) is 4.90 Å². The van der Waals surface area contributed by atoms with E-state index in [9.17, 15) is 8.42 Å². The van der Waals surface area contributed by atoms with Gasteiger partial charge in [0.1, 0.15) is 0 Å². The van der Waals surface area contributed by atoms with Crippen molar-refractivity contribution in [2.75, 3.05) is 5.75 Å². The van der Waals surface area contributed by atoms with Crippen LogP contribution < -0.4 is 0 Å². The molecule has 0 saturated carbocycles. The highest BCUT2D eigenvalue weighted by Gasteiger charge is 2.14. The van der Waals surface area contributed by atoms with E-state index in [1.54, 1.807) is 18.3 Å². The second kappa shape index (κ2) is 11.9. The molecule has 1 aromatic carbocycles. The molecule has 0 aliphatic rings. The number of unbranched alkanes of at least 4 members (excludes halogenated alkanes) is 9. The number of sulfone groups is 1. The number of rotatable bonds is 13. The van der Waals surface area contributed by atoms with Gasteiger partial charge in [0.2, 0.25) is 0 Å². The van der Waals surface area contributed by atoms with Crippen LogP contribution in [0.3, 0.4) is 0 Å². The zero-order valence-electron chi connectivity index (χ0n) is 16.6. The minimum absolute atomic E-state index is 0.242. The summed E-state index contributed by atoms with van der Waals surface area (Å²) < 4.78 is 25.0. The van der Waals surface area contributed by atoms with Crippen molar-refractivity contribution in [3.8, 4) is 11.3 Å². The minimum Gasteiger partial charge on any atom is -0.256 e. The molecule has 0 atom stereocenters. The summed E-state index contributed by atoms with van der Waals surface area (Å²) in [6, 6.07) is 12.8. The van der Waals surface area contributed by atoms with Crippen molar-refractivity contribution < 1.29 is 8.42 Å². The van der Waals surface area contributed by atoms with E-state index in [1.807, 2.05) is 30.3 Å². The van der Waals surface area contributed by atoms with Gasteiger partial charge < -0.3 is 0 Å². The second-order valence-corrected chi connectivity index (χ2v) is 9.35. The summed E-state index contributed by atoms with van der Waals surface area (Å²) in [4.78, 5) is 4.71. The zero-order chi connectivity index (χ0) is 19.4. The first-order valence-electron chi connectivity index (χ1n) is 10.4. The van der Waals surface area contributed by atoms with E-state index < -0.39 is 9.84 Å². The number of hydrogen-bond donors (Lipinski definition) is 0. The molecule has 0 bridgehead atoms. The normalized spacial score (nSPS) is 11.6. The van der Waals surface area contributed by atoms with Gasteiger partial charge in [-0.2, -0.15) is 0 Å². The molecule has 1 heterocycles. The van der Waals surface area contributed by atoms with Crippen molar-refractivity contribution in [1.82, 2.24) is 4.98 Å². The third-order valence-electron chi connectivity index (χ3n) is 4.94. The molecule has 0 fully saturated rings. The van der Waals surface area contributed by atoms with E-state index in [2.05, 4.69) is 11.9 Å². The molecule has 0 saturated heterocycles. The van der Waals surface area contributed by atoms with E-state index in [4.69, 9.17) is 0 Å². The van der Waals surface area contributed by atoms with Gasteiger partial charge in [-0.1, -0.05) is 82.9 Å². The highest BCUT2D eigenvalue weighted by Crippen LogP contribution is 2.20. The predicted molar refractivity (Wildman–Crippen MR) is 114 cm³/mol. The van der Waals surface area contributed by atoms with Crippen molar-refractivity contribution in [1.29, 1.82) is 0 Å². The van der Waals surface area contributed by atoms with Crippen LogP contribution in [0.25, 0.3) is 11.3 Å². The van der Waals surface area contributed by atoms with Gasteiger partial charge in [0.15, 0.2) is 9.84 Å². The van der Waals surface area contributed by atoms with Crippen LogP contribution in [0.15, 0.2) is 53.6 Å². The molecule has 4 heteroatoms. The van der Waals surface area contributed by atoms with Crippen LogP contribution >= 0.6 is 0 Å².